The van der Waals surface area contributed by atoms with Gasteiger partial charge in [0, 0.05) is 155 Å². The summed E-state index contributed by atoms with van der Waals surface area (Å²) in [5.41, 5.74) is 13.6. The molecule has 8 unspecified atom stereocenters. The van der Waals surface area contributed by atoms with Gasteiger partial charge in [0.2, 0.25) is 29.4 Å². The molecule has 0 bridgehead atoms. The summed E-state index contributed by atoms with van der Waals surface area (Å²) in [5.74, 6) is 1.02. The fourth-order valence-electron chi connectivity index (χ4n) is 18.8. The van der Waals surface area contributed by atoms with Gasteiger partial charge in [0.1, 0.15) is 17.9 Å². The Morgan fingerprint density at radius 3 is 1.60 bits per heavy atom. The quantitative estimate of drug-likeness (QED) is 0.0563. The number of fused-ring (bicyclic) bond motifs is 11. The molecular formula is C116H103BrCl7N7O16S3. The van der Waals surface area contributed by atoms with Gasteiger partial charge >= 0.3 is 0 Å². The normalized spacial score (nSPS) is 18.8. The van der Waals surface area contributed by atoms with E-state index in [1.165, 1.54) is 66.6 Å². The number of carbonyl (C=O) groups excluding carboxylic acids is 15. The fourth-order valence-corrected chi connectivity index (χ4v) is 24.0. The minimum absolute atomic E-state index is 0.00250. The number of likely N-dealkylation sites (N-methyl/N-ethyl adjacent to an activating group) is 1. The molecule has 10 heterocycles. The SMILES string of the molecule is CC(=O)N1CC(=O)c2ccc(Br)cc21.CC(=O)N1c2ccccc2C(=O)C1C.CC(=O)N1c2ccccc2C(=O)C1Cc1ccccc1.CC(=O)N1c2ccccc2C(=O)C1Cl.CC1CC(=O)c2ccc(Cl)cc2S1.CSc1ccc2c(c1)C(=O)CC(C)O2.Cc1ccc2c(c1)C(=O)C(C)N2C.O=C1CN(C(=O)c2ccccc2)c2ccccc21.O=C1CNc2c(Cl)c(Cl)c(Cl)c(Cl)c21.O=C1c2cc(Cl)ccc2SC2CCCCC12. The highest BCUT2D eigenvalue weighted by molar-refractivity contribution is 9.10. The lowest BCUT2D eigenvalue weighted by molar-refractivity contribution is -0.117. The molecule has 8 atom stereocenters. The number of para-hydroxylation sites is 4. The summed E-state index contributed by atoms with van der Waals surface area (Å²) in [7, 11) is 1.96. The van der Waals surface area contributed by atoms with E-state index in [0.29, 0.717) is 107 Å². The molecular weight excluding hydrogens is 2170 g/mol. The smallest absolute Gasteiger partial charge is 0.258 e. The first-order valence-electron chi connectivity index (χ1n) is 48.0. The van der Waals surface area contributed by atoms with Gasteiger partial charge in [-0.2, -0.15) is 0 Å². The number of thioether (sulfide) groups is 3. The van der Waals surface area contributed by atoms with Crippen LogP contribution in [0, 0.1) is 12.8 Å². The van der Waals surface area contributed by atoms with Gasteiger partial charge in [0.25, 0.3) is 5.91 Å². The molecule has 0 radical (unpaired) electrons. The summed E-state index contributed by atoms with van der Waals surface area (Å²) in [6.45, 7) is 16.0. The molecule has 34 heteroatoms. The zero-order chi connectivity index (χ0) is 108. The number of alkyl halides is 1. The summed E-state index contributed by atoms with van der Waals surface area (Å²) in [4.78, 5) is 189. The van der Waals surface area contributed by atoms with Crippen LogP contribution in [-0.4, -0.2) is 161 Å². The average Bonchev–Trinajstić information content (AvgIpc) is 1.75. The van der Waals surface area contributed by atoms with Gasteiger partial charge < -0.3 is 29.7 Å². The number of rotatable bonds is 4. The number of ether oxygens (including phenoxy) is 1. The predicted molar refractivity (Wildman–Crippen MR) is 603 cm³/mol. The van der Waals surface area contributed by atoms with Crippen molar-refractivity contribution >= 4 is 260 Å². The summed E-state index contributed by atoms with van der Waals surface area (Å²) in [6.07, 6.45) is 8.39. The van der Waals surface area contributed by atoms with Crippen LogP contribution in [0.15, 0.2) is 268 Å². The van der Waals surface area contributed by atoms with Gasteiger partial charge in [0.05, 0.1) is 97.1 Å². The maximum absolute atomic E-state index is 12.5. The molecule has 0 aromatic heterocycles. The Morgan fingerprint density at radius 2 is 0.967 bits per heavy atom. The van der Waals surface area contributed by atoms with E-state index in [2.05, 4.69) is 28.2 Å². The van der Waals surface area contributed by atoms with Crippen LogP contribution in [0.1, 0.15) is 219 Å². The first-order chi connectivity index (χ1) is 71.6. The maximum Gasteiger partial charge on any atom is 0.258 e. The number of ketones is 10. The Labute approximate surface area is 925 Å². The van der Waals surface area contributed by atoms with E-state index in [0.717, 1.165) is 81.8 Å². The largest absolute Gasteiger partial charge is 0.489 e. The third-order valence-electron chi connectivity index (χ3n) is 26.3. The van der Waals surface area contributed by atoms with E-state index in [1.807, 2.05) is 208 Å². The number of nitrogens with zero attached hydrogens (tertiary/aromatic N) is 6. The van der Waals surface area contributed by atoms with Crippen LogP contribution in [0.4, 0.5) is 39.8 Å². The molecule has 5 amide bonds. The summed E-state index contributed by atoms with van der Waals surface area (Å²) < 4.78 is 6.44. The molecule has 12 aromatic rings. The maximum atomic E-state index is 12.5. The van der Waals surface area contributed by atoms with Crippen molar-refractivity contribution < 1.29 is 76.7 Å². The third-order valence-corrected chi connectivity index (χ3v) is 32.8. The van der Waals surface area contributed by atoms with E-state index in [1.54, 1.807) is 126 Å². The van der Waals surface area contributed by atoms with Crippen molar-refractivity contribution in [3.63, 3.8) is 0 Å². The lowest BCUT2D eigenvalue weighted by atomic mass is 9.83. The van der Waals surface area contributed by atoms with Crippen molar-refractivity contribution in [2.24, 2.45) is 5.92 Å². The monoisotopic (exact) mass is 2270 g/mol. The molecule has 12 aromatic carbocycles. The number of aryl methyl sites for hydroxylation is 1. The first-order valence-corrected chi connectivity index (χ1v) is 54.5. The van der Waals surface area contributed by atoms with E-state index in [-0.39, 0.29) is 145 Å². The molecule has 1 saturated carbocycles. The molecule has 0 saturated heterocycles. The molecule has 1 aliphatic carbocycles. The molecule has 772 valence electrons. The van der Waals surface area contributed by atoms with Crippen molar-refractivity contribution in [3.8, 4) is 5.75 Å². The zero-order valence-electron chi connectivity index (χ0n) is 83.3. The molecule has 1 fully saturated rings. The second kappa shape index (κ2) is 50.3. The van der Waals surface area contributed by atoms with Gasteiger partial charge in [-0.25, -0.2) is 0 Å². The number of anilines is 7. The highest BCUT2D eigenvalue weighted by atomic mass is 79.9. The van der Waals surface area contributed by atoms with Crippen LogP contribution >= 0.6 is 132 Å². The number of amides is 5. The van der Waals surface area contributed by atoms with Gasteiger partial charge in [-0.15, -0.1) is 35.3 Å². The van der Waals surface area contributed by atoms with Crippen molar-refractivity contribution in [2.45, 2.75) is 162 Å². The summed E-state index contributed by atoms with van der Waals surface area (Å²) in [5, 5.41) is 5.75. The second-order valence-corrected chi connectivity index (χ2v) is 43.9. The van der Waals surface area contributed by atoms with Crippen LogP contribution in [-0.2, 0) is 25.6 Å². The standard InChI is InChI=1S/C17H15NO2.C15H11NO2.C13H13ClOS.C11H11NO2.C11H13NO.C11H12O2S.C10H8BrNO2.C10H8ClNO2.C10H9ClOS.C8H3Cl4NO/c1-12(19)18-15-10-6-5-9-14(15)17(20)16(18)11-13-7-3-2-4-8-13;17-14-10-16(13-9-5-4-8-12(13)14)15(18)11-6-2-1-3-7-11;14-8-5-6-12-10(7-8)13(15)9-3-1-2-4-11(9)16-12;1-7-11(14)9-5-3-4-6-10(9)12(7)8(2)13;1-7-4-5-10-9(6-7)11(13)8(2)12(10)3;1-7-5-10(12)9-6-8(14-2)3-4-11(9)13-7;1-6(13)12-5-10(14)8-3-2-7(11)4-9(8)12;1-6(13)12-8-5-3-2-4-7(8)9(14)10(12)11;1-6-4-9(12)8-3-2-7(11)5-10(8)13-6;9-4-3-2(14)1-13-8(3)7(12)6(11)5(4)10/h2-10,16H,11H2,1H3;1-9H,10H2;5-7,9,11H,1-4H2;3-7H,1-2H3;4-6,8H,1-3H3;3-4,6-7H,5H2,1-2H3;2-4H,5H2,1H3;2-5,10H,1H3;2-3,5-6H,4H2,1H3;13H,1H2. The number of hydrogen-bond donors (Lipinski definition) is 1. The van der Waals surface area contributed by atoms with E-state index in [9.17, 15) is 71.9 Å². The molecule has 23 rings (SSSR count). The first kappa shape index (κ1) is 113. The number of benzene rings is 12. The Bertz CT molecular complexity index is 7310. The number of hydrogen-bond acceptors (Lipinski definition) is 21. The molecule has 11 aliphatic rings. The summed E-state index contributed by atoms with van der Waals surface area (Å²) in [6, 6.07) is 75.0. The molecule has 1 N–H and O–H groups in total. The number of halogens is 8. The summed E-state index contributed by atoms with van der Waals surface area (Å²) >= 11 is 49.6. The highest BCUT2D eigenvalue weighted by Gasteiger charge is 2.44. The Kier molecular flexibility index (Phi) is 38.0. The van der Waals surface area contributed by atoms with Crippen molar-refractivity contribution in [2.75, 3.05) is 67.7 Å². The van der Waals surface area contributed by atoms with Gasteiger partial charge in [-0.05, 0) is 198 Å². The van der Waals surface area contributed by atoms with Crippen molar-refractivity contribution in [1.82, 2.24) is 0 Å². The third kappa shape index (κ3) is 25.5. The minimum atomic E-state index is -0.884. The van der Waals surface area contributed by atoms with Gasteiger partial charge in [-0.3, -0.25) is 81.7 Å². The van der Waals surface area contributed by atoms with E-state index >= 15 is 0 Å². The van der Waals surface area contributed by atoms with Crippen LogP contribution in [0.2, 0.25) is 30.1 Å². The fraction of sp³-hybridized carbons (Fsp3) is 0.250. The lowest BCUT2D eigenvalue weighted by Gasteiger charge is -2.34. The Morgan fingerprint density at radius 1 is 0.433 bits per heavy atom. The number of Topliss-reactive ketones (excluding diaryl/α,β-unsaturated/α-hetero) is 10. The van der Waals surface area contributed by atoms with Gasteiger partial charge in [-0.1, -0.05) is 226 Å². The number of carbonyl (C=O) groups is 15. The van der Waals surface area contributed by atoms with E-state index in [4.69, 9.17) is 85.9 Å². The lowest BCUT2D eigenvalue weighted by Crippen LogP contribution is -2.40. The van der Waals surface area contributed by atoms with Crippen LogP contribution in [0.5, 0.6) is 5.75 Å². The van der Waals surface area contributed by atoms with Crippen molar-refractivity contribution in [3.05, 3.63) is 356 Å². The van der Waals surface area contributed by atoms with Gasteiger partial charge in [0.15, 0.2) is 57.6 Å². The topological polar surface area (TPSA) is 297 Å². The number of nitrogens with one attached hydrogen (secondary N) is 1. The van der Waals surface area contributed by atoms with Crippen LogP contribution < -0.4 is 39.5 Å². The predicted octanol–water partition coefficient (Wildman–Crippen LogP) is 27.1. The van der Waals surface area contributed by atoms with E-state index < -0.39 is 11.5 Å². The molecule has 23 nitrogen and oxygen atoms in total. The zero-order valence-corrected chi connectivity index (χ0v) is 92.7. The molecule has 150 heavy (non-hydrogen) atoms. The Balaban J connectivity index is 0.000000132. The minimum Gasteiger partial charge on any atom is -0.489 e. The molecule has 0 spiro atoms. The van der Waals surface area contributed by atoms with Crippen LogP contribution in [0.25, 0.3) is 0 Å². The average molecular weight is 2280 g/mol. The molecule has 10 aliphatic heterocycles. The van der Waals surface area contributed by atoms with Crippen LogP contribution in [0.3, 0.4) is 0 Å². The Hall–Kier alpha value is -12.4. The van der Waals surface area contributed by atoms with Crippen molar-refractivity contribution in [1.29, 1.82) is 0 Å². The second-order valence-electron chi connectivity index (χ2n) is 36.5. The highest BCUT2D eigenvalue weighted by Crippen LogP contribution is 2.49.